The predicted octanol–water partition coefficient (Wildman–Crippen LogP) is 6.50. The van der Waals surface area contributed by atoms with Gasteiger partial charge >= 0.3 is 5.97 Å². The minimum Gasteiger partial charge on any atom is -0.481 e. The summed E-state index contributed by atoms with van der Waals surface area (Å²) in [6.07, 6.45) is 22.7. The molecule has 0 unspecified atom stereocenters. The number of carboxylic acid groups (broad SMARTS) is 1. The van der Waals surface area contributed by atoms with Crippen molar-refractivity contribution in [2.24, 2.45) is 0 Å². The van der Waals surface area contributed by atoms with E-state index < -0.39 is 5.97 Å². The van der Waals surface area contributed by atoms with Crippen LogP contribution in [0.2, 0.25) is 0 Å². The van der Waals surface area contributed by atoms with E-state index in [1.165, 1.54) is 77.0 Å². The van der Waals surface area contributed by atoms with Crippen molar-refractivity contribution >= 4 is 5.97 Å². The number of unbranched alkanes of at least 4 members (excludes halogenated alkanes) is 12. The van der Waals surface area contributed by atoms with Crippen LogP contribution < -0.4 is 0 Å². The highest BCUT2D eigenvalue weighted by Crippen LogP contribution is 2.11. The molecule has 124 valence electrons. The summed E-state index contributed by atoms with van der Waals surface area (Å²) in [5.41, 5.74) is 0. The topological polar surface area (TPSA) is 37.3 Å². The SMILES string of the molecule is CCCCCC/C=C/CCCCCCCCCCC(=O)O. The van der Waals surface area contributed by atoms with Gasteiger partial charge in [0.25, 0.3) is 0 Å². The molecule has 0 aliphatic rings. The second-order valence-electron chi connectivity index (χ2n) is 6.08. The Morgan fingerprint density at radius 2 is 1.14 bits per heavy atom. The highest BCUT2D eigenvalue weighted by Gasteiger charge is 1.96. The van der Waals surface area contributed by atoms with Crippen molar-refractivity contribution in [2.75, 3.05) is 0 Å². The van der Waals surface area contributed by atoms with E-state index in [9.17, 15) is 4.79 Å². The lowest BCUT2D eigenvalue weighted by Crippen LogP contribution is -1.93. The molecular weight excluding hydrogens is 260 g/mol. The van der Waals surface area contributed by atoms with Crippen molar-refractivity contribution in [3.63, 3.8) is 0 Å². The molecule has 0 aromatic heterocycles. The van der Waals surface area contributed by atoms with Crippen molar-refractivity contribution in [1.82, 2.24) is 0 Å². The molecule has 0 atom stereocenters. The van der Waals surface area contributed by atoms with Crippen LogP contribution in [-0.2, 0) is 4.79 Å². The lowest BCUT2D eigenvalue weighted by molar-refractivity contribution is -0.137. The molecule has 0 aliphatic heterocycles. The second-order valence-corrected chi connectivity index (χ2v) is 6.08. The summed E-state index contributed by atoms with van der Waals surface area (Å²) in [5.74, 6) is -0.659. The van der Waals surface area contributed by atoms with E-state index in [0.29, 0.717) is 6.42 Å². The third kappa shape index (κ3) is 19.2. The number of carbonyl (C=O) groups is 1. The molecule has 0 saturated carbocycles. The van der Waals surface area contributed by atoms with Crippen LogP contribution in [0.3, 0.4) is 0 Å². The predicted molar refractivity (Wildman–Crippen MR) is 91.7 cm³/mol. The summed E-state index contributed by atoms with van der Waals surface area (Å²) in [6, 6.07) is 0. The molecule has 0 aromatic rings. The fourth-order valence-corrected chi connectivity index (χ4v) is 2.52. The van der Waals surface area contributed by atoms with E-state index in [4.69, 9.17) is 5.11 Å². The molecule has 0 saturated heterocycles. The average Bonchev–Trinajstić information content (AvgIpc) is 2.46. The zero-order valence-electron chi connectivity index (χ0n) is 14.1. The lowest BCUT2D eigenvalue weighted by atomic mass is 10.1. The fraction of sp³-hybridized carbons (Fsp3) is 0.842. The number of hydrogen-bond donors (Lipinski definition) is 1. The maximum Gasteiger partial charge on any atom is 0.303 e. The first-order chi connectivity index (χ1) is 10.3. The van der Waals surface area contributed by atoms with Crippen LogP contribution in [0.4, 0.5) is 0 Å². The highest BCUT2D eigenvalue weighted by atomic mass is 16.4. The largest absolute Gasteiger partial charge is 0.481 e. The van der Waals surface area contributed by atoms with Crippen LogP contribution in [0.15, 0.2) is 12.2 Å². The summed E-state index contributed by atoms with van der Waals surface area (Å²) in [7, 11) is 0. The van der Waals surface area contributed by atoms with Gasteiger partial charge in [0.05, 0.1) is 0 Å². The van der Waals surface area contributed by atoms with Crippen molar-refractivity contribution in [3.05, 3.63) is 12.2 Å². The van der Waals surface area contributed by atoms with Gasteiger partial charge in [-0.25, -0.2) is 0 Å². The average molecular weight is 296 g/mol. The van der Waals surface area contributed by atoms with Gasteiger partial charge in [-0.05, 0) is 32.1 Å². The number of carboxylic acids is 1. The first-order valence-corrected chi connectivity index (χ1v) is 9.14. The Balaban J connectivity index is 3.05. The Labute approximate surface area is 132 Å². The molecule has 0 aromatic carbocycles. The molecule has 0 radical (unpaired) electrons. The van der Waals surface area contributed by atoms with Gasteiger partial charge in [-0.3, -0.25) is 4.79 Å². The Hall–Kier alpha value is -0.790. The van der Waals surface area contributed by atoms with E-state index in [-0.39, 0.29) is 0 Å². The number of aliphatic carboxylic acids is 1. The first-order valence-electron chi connectivity index (χ1n) is 9.14. The number of rotatable bonds is 16. The molecule has 0 spiro atoms. The fourth-order valence-electron chi connectivity index (χ4n) is 2.52. The molecule has 1 N–H and O–H groups in total. The van der Waals surface area contributed by atoms with E-state index in [0.717, 1.165) is 12.8 Å². The zero-order chi connectivity index (χ0) is 15.6. The van der Waals surface area contributed by atoms with Crippen LogP contribution in [0, 0.1) is 0 Å². The molecule has 0 bridgehead atoms. The van der Waals surface area contributed by atoms with Gasteiger partial charge < -0.3 is 5.11 Å². The Kier molecular flexibility index (Phi) is 16.6. The number of allylic oxidation sites excluding steroid dienone is 2. The summed E-state index contributed by atoms with van der Waals surface area (Å²) in [4.78, 5) is 10.3. The van der Waals surface area contributed by atoms with Crippen LogP contribution in [0.25, 0.3) is 0 Å². The quantitative estimate of drug-likeness (QED) is 0.261. The molecule has 0 amide bonds. The van der Waals surface area contributed by atoms with Gasteiger partial charge in [0.15, 0.2) is 0 Å². The zero-order valence-corrected chi connectivity index (χ0v) is 14.1. The van der Waals surface area contributed by atoms with Gasteiger partial charge in [0.1, 0.15) is 0 Å². The summed E-state index contributed by atoms with van der Waals surface area (Å²) in [6.45, 7) is 2.26. The third-order valence-corrected chi connectivity index (χ3v) is 3.90. The van der Waals surface area contributed by atoms with Crippen LogP contribution in [0.1, 0.15) is 103 Å². The highest BCUT2D eigenvalue weighted by molar-refractivity contribution is 5.66. The van der Waals surface area contributed by atoms with Gasteiger partial charge in [0, 0.05) is 6.42 Å². The molecule has 0 fully saturated rings. The third-order valence-electron chi connectivity index (χ3n) is 3.90. The minimum atomic E-state index is -0.659. The van der Waals surface area contributed by atoms with Crippen LogP contribution in [-0.4, -0.2) is 11.1 Å². The maximum absolute atomic E-state index is 10.3. The van der Waals surface area contributed by atoms with Crippen molar-refractivity contribution in [1.29, 1.82) is 0 Å². The smallest absolute Gasteiger partial charge is 0.303 e. The van der Waals surface area contributed by atoms with Crippen molar-refractivity contribution in [2.45, 2.75) is 103 Å². The van der Waals surface area contributed by atoms with E-state index in [1.807, 2.05) is 0 Å². The Morgan fingerprint density at radius 1 is 0.714 bits per heavy atom. The molecule has 0 rings (SSSR count). The molecule has 0 aliphatic carbocycles. The monoisotopic (exact) mass is 296 g/mol. The lowest BCUT2D eigenvalue weighted by Gasteiger charge is -2.01. The number of hydrogen-bond acceptors (Lipinski definition) is 1. The minimum absolute atomic E-state index is 0.338. The van der Waals surface area contributed by atoms with Gasteiger partial charge in [-0.1, -0.05) is 76.9 Å². The second kappa shape index (κ2) is 17.3. The van der Waals surface area contributed by atoms with E-state index in [1.54, 1.807) is 0 Å². The van der Waals surface area contributed by atoms with Gasteiger partial charge in [0.2, 0.25) is 0 Å². The molecule has 0 heterocycles. The van der Waals surface area contributed by atoms with Crippen molar-refractivity contribution in [3.8, 4) is 0 Å². The Bertz CT molecular complexity index is 246. The van der Waals surface area contributed by atoms with Gasteiger partial charge in [-0.15, -0.1) is 0 Å². The first kappa shape index (κ1) is 20.2. The maximum atomic E-state index is 10.3. The normalized spacial score (nSPS) is 11.3. The van der Waals surface area contributed by atoms with Crippen LogP contribution in [0.5, 0.6) is 0 Å². The molecule has 2 nitrogen and oxygen atoms in total. The molecular formula is C19H36O2. The van der Waals surface area contributed by atoms with E-state index in [2.05, 4.69) is 19.1 Å². The molecule has 21 heavy (non-hydrogen) atoms. The van der Waals surface area contributed by atoms with Gasteiger partial charge in [-0.2, -0.15) is 0 Å². The summed E-state index contributed by atoms with van der Waals surface area (Å²) in [5, 5.41) is 8.52. The van der Waals surface area contributed by atoms with E-state index >= 15 is 0 Å². The van der Waals surface area contributed by atoms with Crippen molar-refractivity contribution < 1.29 is 9.90 Å². The Morgan fingerprint density at radius 3 is 1.62 bits per heavy atom. The summed E-state index contributed by atoms with van der Waals surface area (Å²) >= 11 is 0. The molecule has 2 heteroatoms. The standard InChI is InChI=1S/C19H36O2/c1-2-3-4-5-6-7-8-9-10-11-12-13-14-15-16-17-18-19(20)21/h7-8H,2-6,9-18H2,1H3,(H,20,21)/b8-7+. The summed E-state index contributed by atoms with van der Waals surface area (Å²) < 4.78 is 0. The van der Waals surface area contributed by atoms with Crippen LogP contribution >= 0.6 is 0 Å².